The van der Waals surface area contributed by atoms with Gasteiger partial charge in [-0.3, -0.25) is 4.79 Å². The monoisotopic (exact) mass is 514 g/mol. The van der Waals surface area contributed by atoms with Crippen LogP contribution in [0.4, 0.5) is 8.78 Å². The fourth-order valence-electron chi connectivity index (χ4n) is 9.86. The van der Waals surface area contributed by atoms with E-state index in [1.165, 1.54) is 56.4 Å². The highest BCUT2D eigenvalue weighted by molar-refractivity contribution is 5.66. The van der Waals surface area contributed by atoms with E-state index in [0.717, 1.165) is 19.3 Å². The van der Waals surface area contributed by atoms with Gasteiger partial charge in [0, 0.05) is 12.0 Å². The number of aliphatic hydroxyl groups is 1. The lowest BCUT2D eigenvalue weighted by Gasteiger charge is -2.62. The molecule has 5 heteroatoms. The molecule has 0 heterocycles. The first-order chi connectivity index (χ1) is 17.5. The summed E-state index contributed by atoms with van der Waals surface area (Å²) in [4.78, 5) is 11.2. The molecular formula is C32H44F2O3. The van der Waals surface area contributed by atoms with Crippen LogP contribution >= 0.6 is 0 Å². The third kappa shape index (κ3) is 4.68. The fourth-order valence-corrected chi connectivity index (χ4v) is 9.86. The minimum atomic E-state index is -1.02. The van der Waals surface area contributed by atoms with Gasteiger partial charge in [-0.25, -0.2) is 8.78 Å². The van der Waals surface area contributed by atoms with Crippen molar-refractivity contribution in [3.63, 3.8) is 0 Å². The van der Waals surface area contributed by atoms with Gasteiger partial charge >= 0.3 is 5.97 Å². The second kappa shape index (κ2) is 9.77. The summed E-state index contributed by atoms with van der Waals surface area (Å²) in [6.07, 6.45) is 13.6. The minimum Gasteiger partial charge on any atom is -0.481 e. The molecule has 9 atom stereocenters. The second-order valence-corrected chi connectivity index (χ2v) is 13.6. The SMILES string of the molecule is C[C@H](CCC(=O)O)[C@H]1CC[C@H]2[C@@H]3CC[C@@H]4C[C@](O)(/C=C/c5c(F)cccc5F)CC[C@]4(C)[C@H]3CC[C@]12C. The highest BCUT2D eigenvalue weighted by atomic mass is 19.1. The molecule has 204 valence electrons. The van der Waals surface area contributed by atoms with Crippen molar-refractivity contribution in [1.29, 1.82) is 0 Å². The molecule has 0 aromatic heterocycles. The summed E-state index contributed by atoms with van der Waals surface area (Å²) in [5.41, 5.74) is -0.592. The highest BCUT2D eigenvalue weighted by Crippen LogP contribution is 2.69. The van der Waals surface area contributed by atoms with Gasteiger partial charge in [0.05, 0.1) is 5.60 Å². The van der Waals surface area contributed by atoms with Gasteiger partial charge in [-0.05, 0) is 123 Å². The zero-order valence-corrected chi connectivity index (χ0v) is 22.7. The van der Waals surface area contributed by atoms with Crippen molar-refractivity contribution >= 4 is 12.0 Å². The molecule has 4 fully saturated rings. The topological polar surface area (TPSA) is 57.5 Å². The summed E-state index contributed by atoms with van der Waals surface area (Å²) < 4.78 is 28.3. The predicted octanol–water partition coefficient (Wildman–Crippen LogP) is 7.87. The molecule has 0 saturated heterocycles. The van der Waals surface area contributed by atoms with Crippen molar-refractivity contribution in [2.24, 2.45) is 46.3 Å². The Labute approximate surface area is 220 Å². The predicted molar refractivity (Wildman–Crippen MR) is 142 cm³/mol. The Morgan fingerprint density at radius 2 is 1.73 bits per heavy atom. The van der Waals surface area contributed by atoms with Gasteiger partial charge in [-0.15, -0.1) is 0 Å². The molecule has 0 aliphatic heterocycles. The number of halogens is 2. The first-order valence-corrected chi connectivity index (χ1v) is 14.5. The third-order valence-corrected chi connectivity index (χ3v) is 11.9. The van der Waals surface area contributed by atoms with E-state index < -0.39 is 23.2 Å². The molecule has 3 nitrogen and oxygen atoms in total. The maximum atomic E-state index is 14.1. The van der Waals surface area contributed by atoms with E-state index in [1.54, 1.807) is 6.08 Å². The Bertz CT molecular complexity index is 1030. The van der Waals surface area contributed by atoms with Crippen LogP contribution in [0.25, 0.3) is 6.08 Å². The summed E-state index contributed by atoms with van der Waals surface area (Å²) in [6, 6.07) is 3.87. The largest absolute Gasteiger partial charge is 0.481 e. The van der Waals surface area contributed by atoms with Crippen LogP contribution in [0.15, 0.2) is 24.3 Å². The number of benzene rings is 1. The molecule has 4 aliphatic carbocycles. The van der Waals surface area contributed by atoms with Crippen molar-refractivity contribution in [3.8, 4) is 0 Å². The van der Waals surface area contributed by atoms with E-state index in [4.69, 9.17) is 0 Å². The molecule has 4 saturated carbocycles. The number of hydrogen-bond donors (Lipinski definition) is 2. The molecule has 1 aromatic rings. The van der Waals surface area contributed by atoms with Crippen molar-refractivity contribution in [2.45, 2.75) is 97.0 Å². The molecule has 1 aromatic carbocycles. The van der Waals surface area contributed by atoms with Gasteiger partial charge in [0.2, 0.25) is 0 Å². The van der Waals surface area contributed by atoms with Crippen LogP contribution in [0.3, 0.4) is 0 Å². The summed E-state index contributed by atoms with van der Waals surface area (Å²) in [7, 11) is 0. The summed E-state index contributed by atoms with van der Waals surface area (Å²) in [5, 5.41) is 20.7. The zero-order chi connectivity index (χ0) is 26.6. The van der Waals surface area contributed by atoms with Gasteiger partial charge in [0.25, 0.3) is 0 Å². The quantitative estimate of drug-likeness (QED) is 0.406. The molecule has 2 N–H and O–H groups in total. The average Bonchev–Trinajstić information content (AvgIpc) is 3.20. The van der Waals surface area contributed by atoms with Gasteiger partial charge < -0.3 is 10.2 Å². The minimum absolute atomic E-state index is 0.0760. The van der Waals surface area contributed by atoms with E-state index in [0.29, 0.717) is 53.8 Å². The van der Waals surface area contributed by atoms with Crippen LogP contribution < -0.4 is 0 Å². The third-order valence-electron chi connectivity index (χ3n) is 11.9. The Morgan fingerprint density at radius 3 is 2.43 bits per heavy atom. The maximum Gasteiger partial charge on any atom is 0.303 e. The van der Waals surface area contributed by atoms with E-state index in [1.807, 2.05) is 0 Å². The molecule has 0 spiro atoms. The van der Waals surface area contributed by atoms with Crippen molar-refractivity contribution in [1.82, 2.24) is 0 Å². The maximum absolute atomic E-state index is 14.1. The molecule has 0 bridgehead atoms. The van der Waals surface area contributed by atoms with Crippen molar-refractivity contribution < 1.29 is 23.8 Å². The van der Waals surface area contributed by atoms with E-state index >= 15 is 0 Å². The Hall–Kier alpha value is -1.75. The number of carboxylic acid groups (broad SMARTS) is 1. The van der Waals surface area contributed by atoms with Crippen molar-refractivity contribution in [3.05, 3.63) is 41.5 Å². The van der Waals surface area contributed by atoms with Crippen LogP contribution in [0, 0.1) is 58.0 Å². The normalized spacial score (nSPS) is 42.2. The van der Waals surface area contributed by atoms with E-state index in [9.17, 15) is 23.8 Å². The average molecular weight is 515 g/mol. The van der Waals surface area contributed by atoms with Gasteiger partial charge in [-0.1, -0.05) is 39.0 Å². The fraction of sp³-hybridized carbons (Fsp3) is 0.719. The molecule has 0 unspecified atom stereocenters. The van der Waals surface area contributed by atoms with Gasteiger partial charge in [0.1, 0.15) is 11.6 Å². The molecule has 5 rings (SSSR count). The molecule has 4 aliphatic rings. The molecule has 0 radical (unpaired) electrons. The molecule has 0 amide bonds. The lowest BCUT2D eigenvalue weighted by atomic mass is 9.43. The van der Waals surface area contributed by atoms with Crippen molar-refractivity contribution in [2.75, 3.05) is 0 Å². The lowest BCUT2D eigenvalue weighted by Crippen LogP contribution is -2.55. The number of rotatable bonds is 6. The number of carboxylic acids is 1. The number of hydrogen-bond acceptors (Lipinski definition) is 2. The second-order valence-electron chi connectivity index (χ2n) is 13.6. The first-order valence-electron chi connectivity index (χ1n) is 14.5. The van der Waals surface area contributed by atoms with E-state index in [-0.39, 0.29) is 17.4 Å². The van der Waals surface area contributed by atoms with Crippen LogP contribution in [0.5, 0.6) is 0 Å². The van der Waals surface area contributed by atoms with Crippen LogP contribution in [0.2, 0.25) is 0 Å². The van der Waals surface area contributed by atoms with Crippen LogP contribution in [-0.4, -0.2) is 21.8 Å². The van der Waals surface area contributed by atoms with Crippen LogP contribution in [-0.2, 0) is 4.79 Å². The molecule has 37 heavy (non-hydrogen) atoms. The summed E-state index contributed by atoms with van der Waals surface area (Å²) in [6.45, 7) is 7.23. The zero-order valence-electron chi connectivity index (χ0n) is 22.7. The van der Waals surface area contributed by atoms with E-state index in [2.05, 4.69) is 20.8 Å². The summed E-state index contributed by atoms with van der Waals surface area (Å²) in [5.74, 6) is 1.68. The number of aliphatic carboxylic acids is 1. The van der Waals surface area contributed by atoms with Crippen LogP contribution in [0.1, 0.15) is 97.0 Å². The lowest BCUT2D eigenvalue weighted by molar-refractivity contribution is -0.142. The Kier molecular flexibility index (Phi) is 7.09. The Morgan fingerprint density at radius 1 is 1.03 bits per heavy atom. The number of carbonyl (C=O) groups is 1. The Balaban J connectivity index is 1.30. The summed E-state index contributed by atoms with van der Waals surface area (Å²) >= 11 is 0. The first kappa shape index (κ1) is 26.8. The highest BCUT2D eigenvalue weighted by Gasteiger charge is 2.61. The standard InChI is InChI=1S/C32H44F2O3/c1-20(7-12-29(35)36)24-10-11-25-22-9-8-21-19-32(37,16-13-23-27(33)5-4-6-28(23)34)18-17-30(21,2)26(22)14-15-31(24,25)3/h4-6,13,16,20-22,24-26,37H,7-12,14-15,17-19H2,1-3H3,(H,35,36)/b16-13+/t20-,21-,22+,24-,25+,26+,30+,31-,32+/m1/s1. The number of fused-ring (bicyclic) bond motifs is 5. The van der Waals surface area contributed by atoms with Gasteiger partial charge in [-0.2, -0.15) is 0 Å². The smallest absolute Gasteiger partial charge is 0.303 e. The molecular weight excluding hydrogens is 470 g/mol. The van der Waals surface area contributed by atoms with Gasteiger partial charge in [0.15, 0.2) is 0 Å².